The fourth-order valence-electron chi connectivity index (χ4n) is 4.62. The van der Waals surface area contributed by atoms with Crippen LogP contribution in [0.25, 0.3) is 10.9 Å². The van der Waals surface area contributed by atoms with Gasteiger partial charge in [-0.1, -0.05) is 12.1 Å². The first kappa shape index (κ1) is 17.3. The van der Waals surface area contributed by atoms with Gasteiger partial charge in [-0.15, -0.1) is 0 Å². The molecule has 0 unspecified atom stereocenters. The average Bonchev–Trinajstić information content (AvgIpc) is 2.74. The lowest BCUT2D eigenvalue weighted by Crippen LogP contribution is -2.34. The second-order valence-corrected chi connectivity index (χ2v) is 8.00. The summed E-state index contributed by atoms with van der Waals surface area (Å²) in [6, 6.07) is 10.5. The van der Waals surface area contributed by atoms with E-state index in [1.807, 2.05) is 24.3 Å². The molecule has 2 aromatic heterocycles. The van der Waals surface area contributed by atoms with E-state index in [0.717, 1.165) is 60.9 Å². The minimum Gasteiger partial charge on any atom is -0.367 e. The number of nitrogens with one attached hydrogen (secondary N) is 1. The van der Waals surface area contributed by atoms with Crippen LogP contribution < -0.4 is 10.9 Å². The molecular weight excluding hydrogens is 350 g/mol. The Morgan fingerprint density at radius 2 is 1.82 bits per heavy atom. The van der Waals surface area contributed by atoms with Crippen molar-refractivity contribution in [1.82, 2.24) is 19.7 Å². The molecule has 2 aliphatic rings. The highest BCUT2D eigenvalue weighted by Gasteiger charge is 2.25. The number of rotatable bonds is 3. The summed E-state index contributed by atoms with van der Waals surface area (Å²) in [5, 5.41) is 9.41. The molecule has 0 saturated heterocycles. The second-order valence-electron chi connectivity index (χ2n) is 8.00. The molecule has 1 N–H and O–H groups in total. The largest absolute Gasteiger partial charge is 0.367 e. The average molecular weight is 375 g/mol. The number of anilines is 1. The van der Waals surface area contributed by atoms with Gasteiger partial charge in [0, 0.05) is 17.5 Å². The summed E-state index contributed by atoms with van der Waals surface area (Å²) >= 11 is 0. The molecule has 6 nitrogen and oxygen atoms in total. The van der Waals surface area contributed by atoms with E-state index >= 15 is 0 Å². The maximum Gasteiger partial charge on any atom is 0.267 e. The van der Waals surface area contributed by atoms with Gasteiger partial charge in [0.1, 0.15) is 12.1 Å². The van der Waals surface area contributed by atoms with Gasteiger partial charge in [-0.2, -0.15) is 5.10 Å². The molecule has 1 aromatic carbocycles. The number of benzene rings is 1. The smallest absolute Gasteiger partial charge is 0.267 e. The third-order valence-corrected chi connectivity index (χ3v) is 6.16. The molecule has 0 radical (unpaired) electrons. The van der Waals surface area contributed by atoms with E-state index in [-0.39, 0.29) is 11.6 Å². The lowest BCUT2D eigenvalue weighted by atomic mass is 9.91. The second kappa shape index (κ2) is 7.34. The summed E-state index contributed by atoms with van der Waals surface area (Å²) in [5.41, 5.74) is 3.33. The first-order chi connectivity index (χ1) is 13.8. The summed E-state index contributed by atoms with van der Waals surface area (Å²) in [6.07, 6.45) is 9.93. The van der Waals surface area contributed by atoms with E-state index in [1.165, 1.54) is 18.4 Å². The van der Waals surface area contributed by atoms with Crippen LogP contribution in [-0.4, -0.2) is 25.8 Å². The fraction of sp³-hybridized carbons (Fsp3) is 0.455. The molecule has 0 aliphatic heterocycles. The molecular formula is C22H25N5O. The standard InChI is InChI=1S/C22H25N5O/c28-21-13-15-5-1-3-7-19(15)26-27(21)17-11-9-16(10-12-17)25-22-18-6-2-4-8-20(18)23-14-24-22/h2,4,6,8,13-14,16-17H,1,3,5,7,9-12H2,(H,23,24,25). The monoisotopic (exact) mass is 375 g/mol. The van der Waals surface area contributed by atoms with Gasteiger partial charge in [0.25, 0.3) is 5.56 Å². The van der Waals surface area contributed by atoms with E-state index < -0.39 is 0 Å². The van der Waals surface area contributed by atoms with Gasteiger partial charge >= 0.3 is 0 Å². The van der Waals surface area contributed by atoms with Crippen molar-refractivity contribution in [2.45, 2.75) is 63.5 Å². The summed E-state index contributed by atoms with van der Waals surface area (Å²) in [5.74, 6) is 0.901. The van der Waals surface area contributed by atoms with Gasteiger partial charge in [-0.3, -0.25) is 4.79 Å². The highest BCUT2D eigenvalue weighted by atomic mass is 16.1. The highest BCUT2D eigenvalue weighted by Crippen LogP contribution is 2.30. The van der Waals surface area contributed by atoms with Crippen molar-refractivity contribution >= 4 is 16.7 Å². The molecule has 2 heterocycles. The Labute approximate surface area is 164 Å². The molecule has 3 aromatic rings. The third kappa shape index (κ3) is 3.28. The molecule has 0 spiro atoms. The zero-order chi connectivity index (χ0) is 18.9. The van der Waals surface area contributed by atoms with Crippen molar-refractivity contribution < 1.29 is 0 Å². The quantitative estimate of drug-likeness (QED) is 0.756. The van der Waals surface area contributed by atoms with Crippen molar-refractivity contribution in [3.8, 4) is 0 Å². The van der Waals surface area contributed by atoms with Crippen molar-refractivity contribution in [3.63, 3.8) is 0 Å². The van der Waals surface area contributed by atoms with Gasteiger partial charge in [0.2, 0.25) is 0 Å². The van der Waals surface area contributed by atoms with Crippen LogP contribution in [0, 0.1) is 0 Å². The molecule has 1 saturated carbocycles. The van der Waals surface area contributed by atoms with Crippen LogP contribution in [-0.2, 0) is 12.8 Å². The Hall–Kier alpha value is -2.76. The summed E-state index contributed by atoms with van der Waals surface area (Å²) in [4.78, 5) is 21.4. The van der Waals surface area contributed by atoms with Gasteiger partial charge in [0.05, 0.1) is 17.3 Å². The van der Waals surface area contributed by atoms with Gasteiger partial charge in [-0.05, 0) is 69.1 Å². The van der Waals surface area contributed by atoms with Gasteiger partial charge < -0.3 is 5.32 Å². The SMILES string of the molecule is O=c1cc2c(nn1C1CCC(Nc3ncnc4ccccc34)CC1)CCCC2. The Kier molecular flexibility index (Phi) is 4.55. The van der Waals surface area contributed by atoms with E-state index in [9.17, 15) is 4.79 Å². The van der Waals surface area contributed by atoms with Gasteiger partial charge in [0.15, 0.2) is 0 Å². The number of para-hydroxylation sites is 1. The Balaban J connectivity index is 1.30. The molecule has 0 bridgehead atoms. The molecule has 0 amide bonds. The molecule has 144 valence electrons. The van der Waals surface area contributed by atoms with Gasteiger partial charge in [-0.25, -0.2) is 14.6 Å². The highest BCUT2D eigenvalue weighted by molar-refractivity contribution is 5.88. The number of aryl methyl sites for hydroxylation is 2. The van der Waals surface area contributed by atoms with Crippen molar-refractivity contribution in [2.75, 3.05) is 5.32 Å². The first-order valence-corrected chi connectivity index (χ1v) is 10.4. The van der Waals surface area contributed by atoms with Crippen LogP contribution >= 0.6 is 0 Å². The van der Waals surface area contributed by atoms with E-state index in [4.69, 9.17) is 5.10 Å². The first-order valence-electron chi connectivity index (χ1n) is 10.4. The van der Waals surface area contributed by atoms with Crippen molar-refractivity contribution in [1.29, 1.82) is 0 Å². The van der Waals surface area contributed by atoms with E-state index in [0.29, 0.717) is 6.04 Å². The summed E-state index contributed by atoms with van der Waals surface area (Å²) in [6.45, 7) is 0. The normalized spacial score (nSPS) is 22.0. The Morgan fingerprint density at radius 3 is 2.71 bits per heavy atom. The Morgan fingerprint density at radius 1 is 1.00 bits per heavy atom. The minimum atomic E-state index is 0.0684. The van der Waals surface area contributed by atoms with Crippen LogP contribution in [0.2, 0.25) is 0 Å². The third-order valence-electron chi connectivity index (χ3n) is 6.16. The Bertz CT molecular complexity index is 1050. The summed E-state index contributed by atoms with van der Waals surface area (Å²) in [7, 11) is 0. The fourth-order valence-corrected chi connectivity index (χ4v) is 4.62. The lowest BCUT2D eigenvalue weighted by molar-refractivity contribution is 0.300. The van der Waals surface area contributed by atoms with Crippen LogP contribution in [0.4, 0.5) is 5.82 Å². The molecule has 1 fully saturated rings. The zero-order valence-electron chi connectivity index (χ0n) is 16.0. The zero-order valence-corrected chi connectivity index (χ0v) is 16.0. The van der Waals surface area contributed by atoms with Crippen molar-refractivity contribution in [3.05, 3.63) is 58.3 Å². The minimum absolute atomic E-state index is 0.0684. The summed E-state index contributed by atoms with van der Waals surface area (Å²) < 4.78 is 1.76. The molecule has 2 aliphatic carbocycles. The van der Waals surface area contributed by atoms with Crippen LogP contribution in [0.5, 0.6) is 0 Å². The lowest BCUT2D eigenvalue weighted by Gasteiger charge is -2.30. The van der Waals surface area contributed by atoms with E-state index in [2.05, 4.69) is 21.4 Å². The maximum absolute atomic E-state index is 12.6. The number of hydrogen-bond acceptors (Lipinski definition) is 5. The molecule has 28 heavy (non-hydrogen) atoms. The van der Waals surface area contributed by atoms with Crippen LogP contribution in [0.1, 0.15) is 55.8 Å². The topological polar surface area (TPSA) is 72.7 Å². The predicted molar refractivity (Wildman–Crippen MR) is 110 cm³/mol. The number of hydrogen-bond donors (Lipinski definition) is 1. The number of aromatic nitrogens is 4. The van der Waals surface area contributed by atoms with Crippen LogP contribution in [0.3, 0.4) is 0 Å². The van der Waals surface area contributed by atoms with Crippen molar-refractivity contribution in [2.24, 2.45) is 0 Å². The predicted octanol–water partition coefficient (Wildman–Crippen LogP) is 3.66. The molecule has 0 atom stereocenters. The van der Waals surface area contributed by atoms with E-state index in [1.54, 1.807) is 11.0 Å². The number of fused-ring (bicyclic) bond motifs is 2. The number of nitrogens with zero attached hydrogens (tertiary/aromatic N) is 4. The molecule has 5 rings (SSSR count). The van der Waals surface area contributed by atoms with Crippen LogP contribution in [0.15, 0.2) is 41.5 Å². The molecule has 6 heteroatoms. The maximum atomic E-state index is 12.6.